The van der Waals surface area contributed by atoms with Crippen LogP contribution < -0.4 is 0 Å². The third-order valence-corrected chi connectivity index (χ3v) is 4.56. The van der Waals surface area contributed by atoms with Crippen LogP contribution in [0.25, 0.3) is 5.65 Å². The van der Waals surface area contributed by atoms with Gasteiger partial charge in [-0.3, -0.25) is 4.40 Å². The van der Waals surface area contributed by atoms with Crippen LogP contribution in [0.1, 0.15) is 53.0 Å². The van der Waals surface area contributed by atoms with Gasteiger partial charge in [-0.05, 0) is 43.7 Å². The summed E-state index contributed by atoms with van der Waals surface area (Å²) in [7, 11) is 0. The number of imidazole rings is 1. The van der Waals surface area contributed by atoms with E-state index in [1.165, 1.54) is 16.5 Å². The Balaban J connectivity index is 2.24. The molecular formula is C20H19ClF2N2O3. The number of halogens is 3. The first-order valence-corrected chi connectivity index (χ1v) is 9.03. The summed E-state index contributed by atoms with van der Waals surface area (Å²) < 4.78 is 35.0. The number of esters is 1. The lowest BCUT2D eigenvalue weighted by Gasteiger charge is -2.17. The largest absolute Gasteiger partial charge is 0.462 e. The number of aromatic nitrogens is 2. The average Bonchev–Trinajstić information content (AvgIpc) is 3.02. The topological polar surface area (TPSA) is 63.8 Å². The van der Waals surface area contributed by atoms with E-state index in [1.807, 2.05) is 0 Å². The van der Waals surface area contributed by atoms with Crippen molar-refractivity contribution < 1.29 is 23.4 Å². The van der Waals surface area contributed by atoms with Crippen LogP contribution in [0.2, 0.25) is 5.02 Å². The van der Waals surface area contributed by atoms with Gasteiger partial charge in [0.1, 0.15) is 17.4 Å². The number of carbonyl (C=O) groups is 1. The standard InChI is InChI=1S/C20H19ClF2N2O3/c1-4-28-19(27)13-9-11(2)25-15(10-13)24-18(20(3,22)23)16(25)17(26)12-5-7-14(21)8-6-12/h5-10,17,26H,4H2,1-3H3. The van der Waals surface area contributed by atoms with Gasteiger partial charge in [-0.25, -0.2) is 9.78 Å². The Bertz CT molecular complexity index is 1030. The second-order valence-corrected chi connectivity index (χ2v) is 6.92. The Morgan fingerprint density at radius 2 is 1.96 bits per heavy atom. The van der Waals surface area contributed by atoms with E-state index in [2.05, 4.69) is 4.98 Å². The summed E-state index contributed by atoms with van der Waals surface area (Å²) in [6.07, 6.45) is -1.36. The van der Waals surface area contributed by atoms with Gasteiger partial charge in [0.25, 0.3) is 5.92 Å². The maximum atomic E-state index is 14.3. The molecule has 148 valence electrons. The predicted octanol–water partition coefficient (Wildman–Crippen LogP) is 4.67. The van der Waals surface area contributed by atoms with Gasteiger partial charge in [0.05, 0.1) is 17.9 Å². The van der Waals surface area contributed by atoms with E-state index >= 15 is 0 Å². The summed E-state index contributed by atoms with van der Waals surface area (Å²) >= 11 is 5.88. The van der Waals surface area contributed by atoms with Gasteiger partial charge in [-0.1, -0.05) is 23.7 Å². The Morgan fingerprint density at radius 1 is 1.32 bits per heavy atom. The number of benzene rings is 1. The summed E-state index contributed by atoms with van der Waals surface area (Å²) in [6.45, 7) is 4.23. The summed E-state index contributed by atoms with van der Waals surface area (Å²) in [6, 6.07) is 9.15. The molecule has 0 radical (unpaired) electrons. The van der Waals surface area contributed by atoms with Crippen LogP contribution in [0.4, 0.5) is 8.78 Å². The number of hydrogen-bond acceptors (Lipinski definition) is 4. The number of aliphatic hydroxyl groups excluding tert-OH is 1. The molecule has 0 aliphatic heterocycles. The van der Waals surface area contributed by atoms with Crippen molar-refractivity contribution in [3.05, 3.63) is 69.6 Å². The normalized spacial score (nSPS) is 13.0. The molecule has 1 aromatic carbocycles. The summed E-state index contributed by atoms with van der Waals surface area (Å²) in [4.78, 5) is 16.1. The molecule has 0 saturated carbocycles. The number of fused-ring (bicyclic) bond motifs is 1. The molecule has 0 amide bonds. The van der Waals surface area contributed by atoms with Crippen molar-refractivity contribution >= 4 is 23.2 Å². The lowest BCUT2D eigenvalue weighted by Crippen LogP contribution is -2.16. The van der Waals surface area contributed by atoms with Crippen molar-refractivity contribution in [2.45, 2.75) is 32.8 Å². The predicted molar refractivity (Wildman–Crippen MR) is 101 cm³/mol. The fraction of sp³-hybridized carbons (Fsp3) is 0.300. The SMILES string of the molecule is CCOC(=O)c1cc(C)n2c(C(O)c3ccc(Cl)cc3)c(C(C)(F)F)nc2c1. The average molecular weight is 409 g/mol. The Hall–Kier alpha value is -2.51. The highest BCUT2D eigenvalue weighted by Gasteiger charge is 2.36. The van der Waals surface area contributed by atoms with E-state index in [0.29, 0.717) is 23.2 Å². The molecule has 0 fully saturated rings. The maximum Gasteiger partial charge on any atom is 0.338 e. The highest BCUT2D eigenvalue weighted by molar-refractivity contribution is 6.30. The number of aliphatic hydroxyl groups is 1. The molecule has 1 N–H and O–H groups in total. The van der Waals surface area contributed by atoms with Crippen LogP contribution in [0.3, 0.4) is 0 Å². The van der Waals surface area contributed by atoms with E-state index in [1.54, 1.807) is 38.1 Å². The number of nitrogens with zero attached hydrogens (tertiary/aromatic N) is 2. The van der Waals surface area contributed by atoms with Crippen LogP contribution in [-0.4, -0.2) is 27.1 Å². The number of alkyl halides is 2. The Morgan fingerprint density at radius 3 is 2.54 bits per heavy atom. The molecule has 2 heterocycles. The van der Waals surface area contributed by atoms with E-state index in [4.69, 9.17) is 16.3 Å². The third kappa shape index (κ3) is 3.72. The van der Waals surface area contributed by atoms with Crippen molar-refractivity contribution in [3.8, 4) is 0 Å². The second-order valence-electron chi connectivity index (χ2n) is 6.49. The highest BCUT2D eigenvalue weighted by atomic mass is 35.5. The number of hydrogen-bond donors (Lipinski definition) is 1. The molecule has 0 aliphatic carbocycles. The smallest absolute Gasteiger partial charge is 0.338 e. The van der Waals surface area contributed by atoms with Crippen LogP contribution in [0, 0.1) is 6.92 Å². The quantitative estimate of drug-likeness (QED) is 0.623. The zero-order chi connectivity index (χ0) is 20.6. The van der Waals surface area contributed by atoms with Crippen LogP contribution in [-0.2, 0) is 10.7 Å². The minimum absolute atomic E-state index is 0.0577. The molecule has 3 aromatic rings. The number of rotatable bonds is 5. The van der Waals surface area contributed by atoms with Gasteiger partial charge in [0.15, 0.2) is 0 Å². The van der Waals surface area contributed by atoms with E-state index in [9.17, 15) is 18.7 Å². The molecule has 1 unspecified atom stereocenters. The fourth-order valence-corrected chi connectivity index (χ4v) is 3.23. The maximum absolute atomic E-state index is 14.3. The van der Waals surface area contributed by atoms with Crippen molar-refractivity contribution in [2.75, 3.05) is 6.61 Å². The van der Waals surface area contributed by atoms with E-state index < -0.39 is 23.7 Å². The van der Waals surface area contributed by atoms with Crippen molar-refractivity contribution in [2.24, 2.45) is 0 Å². The van der Waals surface area contributed by atoms with Gasteiger partial charge in [0, 0.05) is 17.6 Å². The molecule has 0 saturated heterocycles. The van der Waals surface area contributed by atoms with Crippen LogP contribution >= 0.6 is 11.6 Å². The summed E-state index contributed by atoms with van der Waals surface area (Å²) in [5, 5.41) is 11.3. The van der Waals surface area contributed by atoms with Crippen molar-refractivity contribution in [1.82, 2.24) is 9.38 Å². The Kier molecular flexibility index (Phi) is 5.41. The molecule has 0 bridgehead atoms. The number of aryl methyl sites for hydroxylation is 1. The zero-order valence-electron chi connectivity index (χ0n) is 15.5. The molecule has 1 atom stereocenters. The lowest BCUT2D eigenvalue weighted by atomic mass is 10.0. The minimum atomic E-state index is -3.30. The number of pyridine rings is 1. The molecule has 8 heteroatoms. The third-order valence-electron chi connectivity index (χ3n) is 4.31. The van der Waals surface area contributed by atoms with E-state index in [-0.39, 0.29) is 23.5 Å². The molecule has 5 nitrogen and oxygen atoms in total. The monoisotopic (exact) mass is 408 g/mol. The van der Waals surface area contributed by atoms with Gasteiger partial charge in [-0.2, -0.15) is 8.78 Å². The Labute approximate surface area is 165 Å². The molecule has 3 rings (SSSR count). The minimum Gasteiger partial charge on any atom is -0.462 e. The first kappa shape index (κ1) is 20.2. The van der Waals surface area contributed by atoms with Gasteiger partial charge < -0.3 is 9.84 Å². The summed E-state index contributed by atoms with van der Waals surface area (Å²) in [5.41, 5.74) is 0.576. The molecular weight excluding hydrogens is 390 g/mol. The lowest BCUT2D eigenvalue weighted by molar-refractivity contribution is 0.0101. The number of carbonyl (C=O) groups excluding carboxylic acids is 1. The van der Waals surface area contributed by atoms with Gasteiger partial charge >= 0.3 is 5.97 Å². The van der Waals surface area contributed by atoms with Crippen LogP contribution in [0.15, 0.2) is 36.4 Å². The van der Waals surface area contributed by atoms with Gasteiger partial charge in [-0.15, -0.1) is 0 Å². The first-order chi connectivity index (χ1) is 13.1. The van der Waals surface area contributed by atoms with Crippen molar-refractivity contribution in [1.29, 1.82) is 0 Å². The van der Waals surface area contributed by atoms with Gasteiger partial charge in [0.2, 0.25) is 0 Å². The highest BCUT2D eigenvalue weighted by Crippen LogP contribution is 2.36. The zero-order valence-corrected chi connectivity index (χ0v) is 16.3. The van der Waals surface area contributed by atoms with E-state index in [0.717, 1.165) is 0 Å². The molecule has 28 heavy (non-hydrogen) atoms. The fourth-order valence-electron chi connectivity index (χ4n) is 3.10. The summed E-state index contributed by atoms with van der Waals surface area (Å²) in [5.74, 6) is -3.87. The second kappa shape index (κ2) is 7.48. The first-order valence-electron chi connectivity index (χ1n) is 8.65. The molecule has 2 aromatic heterocycles. The molecule has 0 spiro atoms. The number of ether oxygens (including phenoxy) is 1. The van der Waals surface area contributed by atoms with Crippen LogP contribution in [0.5, 0.6) is 0 Å². The van der Waals surface area contributed by atoms with Crippen molar-refractivity contribution in [3.63, 3.8) is 0 Å². The molecule has 0 aliphatic rings.